The fourth-order valence-corrected chi connectivity index (χ4v) is 2.60. The molecule has 1 aromatic heterocycles. The van der Waals surface area contributed by atoms with Crippen LogP contribution in [0.25, 0.3) is 16.5 Å². The second-order valence-corrected chi connectivity index (χ2v) is 4.87. The Kier molecular flexibility index (Phi) is 3.40. The number of thiophene rings is 1. The molecule has 1 amide bonds. The molecule has 0 saturated heterocycles. The van der Waals surface area contributed by atoms with Crippen LogP contribution in [-0.4, -0.2) is 5.91 Å². The highest BCUT2D eigenvalue weighted by Gasteiger charge is 2.03. The summed E-state index contributed by atoms with van der Waals surface area (Å²) < 4.78 is 0. The van der Waals surface area contributed by atoms with Crippen LogP contribution in [0.5, 0.6) is 0 Å². The van der Waals surface area contributed by atoms with Crippen LogP contribution in [0.3, 0.4) is 0 Å². The Hall–Kier alpha value is -1.87. The summed E-state index contributed by atoms with van der Waals surface area (Å²) in [5.41, 5.74) is 7.54. The molecule has 0 radical (unpaired) electrons. The molecule has 0 fully saturated rings. The van der Waals surface area contributed by atoms with Gasteiger partial charge in [0.15, 0.2) is 0 Å². The van der Waals surface area contributed by atoms with Crippen molar-refractivity contribution in [1.82, 2.24) is 0 Å². The van der Waals surface area contributed by atoms with Crippen LogP contribution in [0.2, 0.25) is 0 Å². The van der Waals surface area contributed by atoms with E-state index in [9.17, 15) is 4.79 Å². The van der Waals surface area contributed by atoms with Crippen molar-refractivity contribution in [3.05, 3.63) is 52.9 Å². The normalized spacial score (nSPS) is 10.9. The van der Waals surface area contributed by atoms with Gasteiger partial charge in [0.2, 0.25) is 5.91 Å². The largest absolute Gasteiger partial charge is 0.366 e. The van der Waals surface area contributed by atoms with E-state index in [-0.39, 0.29) is 0 Å². The lowest BCUT2D eigenvalue weighted by Gasteiger charge is -2.00. The molecule has 1 aromatic carbocycles. The molecule has 0 unspecified atom stereocenters. The minimum absolute atomic E-state index is 0.421. The van der Waals surface area contributed by atoms with E-state index >= 15 is 0 Å². The molecule has 0 spiro atoms. The van der Waals surface area contributed by atoms with Crippen molar-refractivity contribution in [2.24, 2.45) is 5.73 Å². The third-order valence-electron chi connectivity index (χ3n) is 2.45. The number of carbonyl (C=O) groups is 1. The molecule has 0 aliphatic rings. The molecule has 1 heterocycles. The van der Waals surface area contributed by atoms with Gasteiger partial charge in [0, 0.05) is 15.8 Å². The number of hydrogen-bond acceptors (Lipinski definition) is 2. The third kappa shape index (κ3) is 2.82. The second-order valence-electron chi connectivity index (χ2n) is 3.75. The van der Waals surface area contributed by atoms with Gasteiger partial charge in [0.25, 0.3) is 0 Å². The van der Waals surface area contributed by atoms with Gasteiger partial charge in [-0.1, -0.05) is 24.3 Å². The van der Waals surface area contributed by atoms with Gasteiger partial charge in [0.1, 0.15) is 0 Å². The van der Waals surface area contributed by atoms with Crippen LogP contribution >= 0.6 is 11.3 Å². The van der Waals surface area contributed by atoms with Crippen molar-refractivity contribution in [3.63, 3.8) is 0 Å². The second kappa shape index (κ2) is 4.97. The Labute approximate surface area is 104 Å². The van der Waals surface area contributed by atoms with Crippen LogP contribution in [0.4, 0.5) is 0 Å². The molecule has 2 aromatic rings. The minimum atomic E-state index is -0.421. The zero-order chi connectivity index (χ0) is 12.3. The number of hydrogen-bond donors (Lipinski definition) is 1. The van der Waals surface area contributed by atoms with Gasteiger partial charge >= 0.3 is 0 Å². The SMILES string of the molecule is Cc1ccccc1-c1ccc(/C=C/C(N)=O)s1. The highest BCUT2D eigenvalue weighted by Crippen LogP contribution is 2.30. The molecule has 3 heteroatoms. The monoisotopic (exact) mass is 243 g/mol. The smallest absolute Gasteiger partial charge is 0.241 e. The quantitative estimate of drug-likeness (QED) is 0.826. The Morgan fingerprint density at radius 1 is 1.24 bits per heavy atom. The van der Waals surface area contributed by atoms with Crippen molar-refractivity contribution in [2.45, 2.75) is 6.92 Å². The van der Waals surface area contributed by atoms with Crippen LogP contribution in [0.1, 0.15) is 10.4 Å². The maximum absolute atomic E-state index is 10.6. The van der Waals surface area contributed by atoms with E-state index < -0.39 is 5.91 Å². The van der Waals surface area contributed by atoms with Crippen molar-refractivity contribution in [2.75, 3.05) is 0 Å². The number of amides is 1. The Morgan fingerprint density at radius 3 is 2.71 bits per heavy atom. The molecule has 2 rings (SSSR count). The fourth-order valence-electron chi connectivity index (χ4n) is 1.60. The molecule has 0 atom stereocenters. The molecule has 17 heavy (non-hydrogen) atoms. The first-order valence-corrected chi connectivity index (χ1v) is 6.12. The third-order valence-corrected chi connectivity index (χ3v) is 3.53. The van der Waals surface area contributed by atoms with E-state index in [1.807, 2.05) is 18.2 Å². The molecular weight excluding hydrogens is 230 g/mol. The molecule has 2 nitrogen and oxygen atoms in total. The molecular formula is C14H13NOS. The van der Waals surface area contributed by atoms with E-state index in [2.05, 4.69) is 25.1 Å². The molecule has 0 aliphatic carbocycles. The average Bonchev–Trinajstić information content (AvgIpc) is 2.75. The first kappa shape index (κ1) is 11.6. The first-order chi connectivity index (χ1) is 8.16. The zero-order valence-corrected chi connectivity index (χ0v) is 10.3. The summed E-state index contributed by atoms with van der Waals surface area (Å²) in [6.07, 6.45) is 3.13. The van der Waals surface area contributed by atoms with E-state index in [0.29, 0.717) is 0 Å². The van der Waals surface area contributed by atoms with Crippen LogP contribution < -0.4 is 5.73 Å². The predicted molar refractivity (Wildman–Crippen MR) is 72.7 cm³/mol. The number of benzene rings is 1. The van der Waals surface area contributed by atoms with Crippen molar-refractivity contribution < 1.29 is 4.79 Å². The van der Waals surface area contributed by atoms with Crippen molar-refractivity contribution in [3.8, 4) is 10.4 Å². The number of primary amides is 1. The summed E-state index contributed by atoms with van der Waals surface area (Å²) in [4.78, 5) is 12.9. The molecule has 0 aliphatic heterocycles. The van der Waals surface area contributed by atoms with E-state index in [1.165, 1.54) is 22.1 Å². The highest BCUT2D eigenvalue weighted by atomic mass is 32.1. The van der Waals surface area contributed by atoms with Crippen LogP contribution in [0, 0.1) is 6.92 Å². The molecule has 0 bridgehead atoms. The summed E-state index contributed by atoms with van der Waals surface area (Å²) in [5.74, 6) is -0.421. The maximum atomic E-state index is 10.6. The topological polar surface area (TPSA) is 43.1 Å². The lowest BCUT2D eigenvalue weighted by Crippen LogP contribution is -2.04. The summed E-state index contributed by atoms with van der Waals surface area (Å²) in [6, 6.07) is 12.3. The predicted octanol–water partition coefficient (Wildman–Crippen LogP) is 3.22. The maximum Gasteiger partial charge on any atom is 0.241 e. The number of aryl methyl sites for hydroxylation is 1. The van der Waals surface area contributed by atoms with Gasteiger partial charge < -0.3 is 5.73 Å². The Morgan fingerprint density at radius 2 is 2.00 bits per heavy atom. The lowest BCUT2D eigenvalue weighted by atomic mass is 10.1. The number of nitrogens with two attached hydrogens (primary N) is 1. The fraction of sp³-hybridized carbons (Fsp3) is 0.0714. The first-order valence-electron chi connectivity index (χ1n) is 5.30. The summed E-state index contributed by atoms with van der Waals surface area (Å²) in [7, 11) is 0. The van der Waals surface area contributed by atoms with E-state index in [4.69, 9.17) is 5.73 Å². The molecule has 2 N–H and O–H groups in total. The van der Waals surface area contributed by atoms with Gasteiger partial charge in [-0.05, 0) is 36.3 Å². The minimum Gasteiger partial charge on any atom is -0.366 e. The molecule has 0 saturated carbocycles. The summed E-state index contributed by atoms with van der Waals surface area (Å²) in [6.45, 7) is 2.09. The standard InChI is InChI=1S/C14H13NOS/c1-10-4-2-3-5-12(10)13-8-6-11(17-13)7-9-14(15)16/h2-9H,1H3,(H2,15,16)/b9-7+. The van der Waals surface area contributed by atoms with Gasteiger partial charge in [-0.25, -0.2) is 0 Å². The van der Waals surface area contributed by atoms with Crippen molar-refractivity contribution in [1.29, 1.82) is 0 Å². The zero-order valence-electron chi connectivity index (χ0n) is 9.51. The number of rotatable bonds is 3. The van der Waals surface area contributed by atoms with Gasteiger partial charge in [-0.2, -0.15) is 0 Å². The number of carbonyl (C=O) groups excluding carboxylic acids is 1. The highest BCUT2D eigenvalue weighted by molar-refractivity contribution is 7.16. The Balaban J connectivity index is 2.30. The van der Waals surface area contributed by atoms with Crippen LogP contribution in [0.15, 0.2) is 42.5 Å². The summed E-state index contributed by atoms with van der Waals surface area (Å²) in [5, 5.41) is 0. The average molecular weight is 243 g/mol. The summed E-state index contributed by atoms with van der Waals surface area (Å²) >= 11 is 1.65. The van der Waals surface area contributed by atoms with E-state index in [0.717, 1.165) is 4.88 Å². The molecule has 86 valence electrons. The van der Waals surface area contributed by atoms with Gasteiger partial charge in [-0.3, -0.25) is 4.79 Å². The van der Waals surface area contributed by atoms with Gasteiger partial charge in [-0.15, -0.1) is 11.3 Å². The lowest BCUT2D eigenvalue weighted by molar-refractivity contribution is -0.113. The van der Waals surface area contributed by atoms with Crippen LogP contribution in [-0.2, 0) is 4.79 Å². The van der Waals surface area contributed by atoms with Crippen molar-refractivity contribution >= 4 is 23.3 Å². The van der Waals surface area contributed by atoms with E-state index in [1.54, 1.807) is 17.4 Å². The van der Waals surface area contributed by atoms with Gasteiger partial charge in [0.05, 0.1) is 0 Å². The Bertz CT molecular complexity index is 569.